The van der Waals surface area contributed by atoms with Crippen LogP contribution < -0.4 is 10.1 Å². The lowest BCUT2D eigenvalue weighted by Gasteiger charge is -2.26. The summed E-state index contributed by atoms with van der Waals surface area (Å²) >= 11 is 0. The monoisotopic (exact) mass is 412 g/mol. The number of hydrogen-bond acceptors (Lipinski definition) is 7. The van der Waals surface area contributed by atoms with Crippen molar-refractivity contribution in [2.24, 2.45) is 0 Å². The summed E-state index contributed by atoms with van der Waals surface area (Å²) in [4.78, 5) is 23.4. The van der Waals surface area contributed by atoms with Crippen molar-refractivity contribution in [3.05, 3.63) is 29.8 Å². The Morgan fingerprint density at radius 1 is 1.25 bits per heavy atom. The molecule has 1 heterocycles. The van der Waals surface area contributed by atoms with Crippen molar-refractivity contribution in [2.45, 2.75) is 18.7 Å². The smallest absolute Gasteiger partial charge is 0.331 e. The predicted molar refractivity (Wildman–Crippen MR) is 102 cm³/mol. The molecule has 0 aromatic heterocycles. The minimum Gasteiger partial charge on any atom is -0.495 e. The number of esters is 1. The summed E-state index contributed by atoms with van der Waals surface area (Å²) in [6, 6.07) is 4.28. The Morgan fingerprint density at radius 2 is 1.93 bits per heavy atom. The van der Waals surface area contributed by atoms with Crippen LogP contribution in [0.1, 0.15) is 13.8 Å². The van der Waals surface area contributed by atoms with Crippen molar-refractivity contribution in [3.63, 3.8) is 0 Å². The van der Waals surface area contributed by atoms with Gasteiger partial charge in [0.2, 0.25) is 10.0 Å². The van der Waals surface area contributed by atoms with E-state index in [4.69, 9.17) is 14.2 Å². The molecule has 0 radical (unpaired) electrons. The molecule has 1 amide bonds. The lowest BCUT2D eigenvalue weighted by Crippen LogP contribution is -2.40. The van der Waals surface area contributed by atoms with E-state index in [1.807, 2.05) is 0 Å². The minimum atomic E-state index is -3.82. The van der Waals surface area contributed by atoms with E-state index in [1.165, 1.54) is 35.7 Å². The standard InChI is InChI=1S/C18H24N2O7S/c1-13(2)10-18(22)27-12-17(21)19-14-4-5-15(25-3)16(11-14)28(23,24)20-6-8-26-9-7-20/h4-5,10-11H,6-9,12H2,1-3H3,(H,19,21). The van der Waals surface area contributed by atoms with Gasteiger partial charge in [-0.15, -0.1) is 0 Å². The van der Waals surface area contributed by atoms with E-state index >= 15 is 0 Å². The van der Waals surface area contributed by atoms with Crippen LogP contribution in [0.5, 0.6) is 5.75 Å². The normalized spacial score (nSPS) is 14.8. The third-order valence-electron chi connectivity index (χ3n) is 3.79. The molecule has 10 heteroatoms. The Bertz CT molecular complexity index is 855. The maximum atomic E-state index is 12.9. The molecule has 0 aliphatic carbocycles. The Kier molecular flexibility index (Phi) is 7.55. The number of carbonyl (C=O) groups is 2. The van der Waals surface area contributed by atoms with Crippen molar-refractivity contribution < 1.29 is 32.2 Å². The molecule has 1 saturated heterocycles. The Hall–Kier alpha value is -2.43. The molecule has 1 N–H and O–H groups in total. The summed E-state index contributed by atoms with van der Waals surface area (Å²) in [6.07, 6.45) is 1.27. The second-order valence-electron chi connectivity index (χ2n) is 6.26. The van der Waals surface area contributed by atoms with Gasteiger partial charge in [-0.25, -0.2) is 13.2 Å². The van der Waals surface area contributed by atoms with Crippen molar-refractivity contribution in [1.82, 2.24) is 4.31 Å². The van der Waals surface area contributed by atoms with E-state index in [9.17, 15) is 18.0 Å². The van der Waals surface area contributed by atoms with E-state index in [-0.39, 0.29) is 29.4 Å². The molecule has 0 saturated carbocycles. The highest BCUT2D eigenvalue weighted by Crippen LogP contribution is 2.30. The van der Waals surface area contributed by atoms with Crippen molar-refractivity contribution in [2.75, 3.05) is 45.3 Å². The zero-order valence-corrected chi connectivity index (χ0v) is 16.9. The first-order valence-corrected chi connectivity index (χ1v) is 10.1. The number of nitrogens with one attached hydrogen (secondary N) is 1. The van der Waals surface area contributed by atoms with E-state index in [2.05, 4.69) is 5.32 Å². The van der Waals surface area contributed by atoms with Gasteiger partial charge in [-0.05, 0) is 32.0 Å². The summed E-state index contributed by atoms with van der Waals surface area (Å²) in [5.74, 6) is -1.05. The van der Waals surface area contributed by atoms with Crippen LogP contribution >= 0.6 is 0 Å². The lowest BCUT2D eigenvalue weighted by atomic mass is 10.3. The van der Waals surface area contributed by atoms with Crippen LogP contribution in [0, 0.1) is 0 Å². The molecule has 9 nitrogen and oxygen atoms in total. The second kappa shape index (κ2) is 9.67. The van der Waals surface area contributed by atoms with Gasteiger partial charge < -0.3 is 19.5 Å². The first-order valence-electron chi connectivity index (χ1n) is 8.61. The number of methoxy groups -OCH3 is 1. The second-order valence-corrected chi connectivity index (χ2v) is 8.17. The van der Waals surface area contributed by atoms with Gasteiger partial charge >= 0.3 is 5.97 Å². The predicted octanol–water partition coefficient (Wildman–Crippen LogP) is 1.16. The van der Waals surface area contributed by atoms with Gasteiger partial charge in [-0.1, -0.05) is 5.57 Å². The summed E-state index contributed by atoms with van der Waals surface area (Å²) in [7, 11) is -2.45. The molecule has 1 aromatic carbocycles. The fraction of sp³-hybridized carbons (Fsp3) is 0.444. The van der Waals surface area contributed by atoms with Crippen molar-refractivity contribution in [1.29, 1.82) is 0 Å². The number of morpholine rings is 1. The molecule has 1 aliphatic rings. The van der Waals surface area contributed by atoms with Crippen molar-refractivity contribution in [3.8, 4) is 5.75 Å². The average molecular weight is 412 g/mol. The van der Waals surface area contributed by atoms with E-state index in [0.717, 1.165) is 5.57 Å². The van der Waals surface area contributed by atoms with Gasteiger partial charge in [0.25, 0.3) is 5.91 Å². The van der Waals surface area contributed by atoms with Gasteiger partial charge in [-0.2, -0.15) is 4.31 Å². The summed E-state index contributed by atoms with van der Waals surface area (Å²) in [5, 5.41) is 2.52. The lowest BCUT2D eigenvalue weighted by molar-refractivity contribution is -0.142. The van der Waals surface area contributed by atoms with Crippen LogP contribution in [-0.4, -0.2) is 64.6 Å². The molecular weight excluding hydrogens is 388 g/mol. The molecule has 28 heavy (non-hydrogen) atoms. The topological polar surface area (TPSA) is 111 Å². The van der Waals surface area contributed by atoms with Gasteiger partial charge in [0.15, 0.2) is 6.61 Å². The molecule has 154 valence electrons. The SMILES string of the molecule is COc1ccc(NC(=O)COC(=O)C=C(C)C)cc1S(=O)(=O)N1CCOCC1. The van der Waals surface area contributed by atoms with Crippen LogP contribution in [-0.2, 0) is 29.1 Å². The fourth-order valence-electron chi connectivity index (χ4n) is 2.49. The number of benzene rings is 1. The molecule has 0 bridgehead atoms. The minimum absolute atomic E-state index is 0.0590. The highest BCUT2D eigenvalue weighted by molar-refractivity contribution is 7.89. The van der Waals surface area contributed by atoms with Crippen LogP contribution in [0.25, 0.3) is 0 Å². The van der Waals surface area contributed by atoms with Gasteiger partial charge in [0.05, 0.1) is 20.3 Å². The number of sulfonamides is 1. The number of allylic oxidation sites excluding steroid dienone is 1. The third kappa shape index (κ3) is 5.78. The van der Waals surface area contributed by atoms with Crippen LogP contribution in [0.15, 0.2) is 34.7 Å². The Labute approximate surface area is 164 Å². The van der Waals surface area contributed by atoms with E-state index in [0.29, 0.717) is 13.2 Å². The zero-order valence-electron chi connectivity index (χ0n) is 16.1. The number of rotatable bonds is 7. The van der Waals surface area contributed by atoms with E-state index < -0.39 is 28.5 Å². The first-order chi connectivity index (χ1) is 13.2. The summed E-state index contributed by atoms with van der Waals surface area (Å²) in [6.45, 7) is 4.08. The number of anilines is 1. The van der Waals surface area contributed by atoms with Crippen LogP contribution in [0.2, 0.25) is 0 Å². The molecular formula is C18H24N2O7S. The third-order valence-corrected chi connectivity index (χ3v) is 5.71. The van der Waals surface area contributed by atoms with E-state index in [1.54, 1.807) is 13.8 Å². The molecule has 0 atom stereocenters. The molecule has 2 rings (SSSR count). The van der Waals surface area contributed by atoms with Crippen LogP contribution in [0.3, 0.4) is 0 Å². The quantitative estimate of drug-likeness (QED) is 0.528. The van der Waals surface area contributed by atoms with Crippen LogP contribution in [0.4, 0.5) is 5.69 Å². The van der Waals surface area contributed by atoms with Crippen molar-refractivity contribution >= 4 is 27.6 Å². The van der Waals surface area contributed by atoms with Gasteiger partial charge in [0.1, 0.15) is 10.6 Å². The largest absolute Gasteiger partial charge is 0.495 e. The zero-order chi connectivity index (χ0) is 20.7. The Balaban J connectivity index is 2.14. The molecule has 1 fully saturated rings. The number of carbonyl (C=O) groups excluding carboxylic acids is 2. The number of hydrogen-bond donors (Lipinski definition) is 1. The maximum Gasteiger partial charge on any atom is 0.331 e. The number of nitrogens with zero attached hydrogens (tertiary/aromatic N) is 1. The summed E-state index contributed by atoms with van der Waals surface area (Å²) in [5.41, 5.74) is 0.995. The average Bonchev–Trinajstić information content (AvgIpc) is 2.66. The molecule has 1 aliphatic heterocycles. The van der Waals surface area contributed by atoms with Gasteiger partial charge in [0, 0.05) is 24.9 Å². The first kappa shape index (κ1) is 21.9. The summed E-state index contributed by atoms with van der Waals surface area (Å²) < 4.78 is 42.4. The fourth-order valence-corrected chi connectivity index (χ4v) is 4.08. The number of amides is 1. The molecule has 0 spiro atoms. The maximum absolute atomic E-state index is 12.9. The number of ether oxygens (including phenoxy) is 3. The highest BCUT2D eigenvalue weighted by atomic mass is 32.2. The molecule has 0 unspecified atom stereocenters. The molecule has 1 aromatic rings. The Morgan fingerprint density at radius 3 is 2.54 bits per heavy atom. The van der Waals surface area contributed by atoms with Gasteiger partial charge in [-0.3, -0.25) is 4.79 Å². The highest BCUT2D eigenvalue weighted by Gasteiger charge is 2.29.